The maximum absolute atomic E-state index is 11.9. The fraction of sp³-hybridized carbons (Fsp3) is 0.800. The van der Waals surface area contributed by atoms with Crippen LogP contribution in [0.25, 0.3) is 0 Å². The third-order valence-corrected chi connectivity index (χ3v) is 2.99. The van der Waals surface area contributed by atoms with Crippen molar-refractivity contribution in [1.29, 1.82) is 0 Å². The van der Waals surface area contributed by atoms with Crippen LogP contribution in [0, 0.1) is 5.92 Å². The van der Waals surface area contributed by atoms with E-state index in [4.69, 9.17) is 22.7 Å². The first-order valence-corrected chi connectivity index (χ1v) is 5.66. The van der Waals surface area contributed by atoms with E-state index in [1.807, 2.05) is 13.8 Å². The first-order chi connectivity index (χ1) is 7.06. The zero-order chi connectivity index (χ0) is 11.4. The Kier molecular flexibility index (Phi) is 4.47. The number of rotatable bonds is 3. The van der Waals surface area contributed by atoms with Gasteiger partial charge in [-0.1, -0.05) is 26.1 Å². The summed E-state index contributed by atoms with van der Waals surface area (Å²) in [6, 6.07) is 0. The molecule has 0 aromatic heterocycles. The van der Waals surface area contributed by atoms with Crippen LogP contribution in [-0.4, -0.2) is 41.6 Å². The summed E-state index contributed by atoms with van der Waals surface area (Å²) < 4.78 is 5.37. The van der Waals surface area contributed by atoms with Gasteiger partial charge < -0.3 is 15.4 Å². The third kappa shape index (κ3) is 3.14. The molecule has 1 rings (SSSR count). The van der Waals surface area contributed by atoms with Crippen molar-refractivity contribution < 1.29 is 9.53 Å². The van der Waals surface area contributed by atoms with E-state index in [1.54, 1.807) is 4.90 Å². The Balaban J connectivity index is 2.56. The van der Waals surface area contributed by atoms with E-state index in [9.17, 15) is 4.79 Å². The molecular weight excluding hydrogens is 212 g/mol. The van der Waals surface area contributed by atoms with Crippen LogP contribution in [0.3, 0.4) is 0 Å². The Morgan fingerprint density at radius 2 is 2.40 bits per heavy atom. The van der Waals surface area contributed by atoms with Crippen molar-refractivity contribution in [2.45, 2.75) is 26.4 Å². The molecule has 0 spiro atoms. The van der Waals surface area contributed by atoms with Crippen molar-refractivity contribution in [2.75, 3.05) is 19.7 Å². The molecule has 4 nitrogen and oxygen atoms in total. The smallest absolute Gasteiger partial charge is 0.225 e. The summed E-state index contributed by atoms with van der Waals surface area (Å²) >= 11 is 4.86. The van der Waals surface area contributed by atoms with Gasteiger partial charge in [0.1, 0.15) is 11.1 Å². The molecule has 1 fully saturated rings. The molecule has 1 saturated heterocycles. The highest BCUT2D eigenvalue weighted by Crippen LogP contribution is 2.11. The lowest BCUT2D eigenvalue weighted by Gasteiger charge is -2.33. The van der Waals surface area contributed by atoms with Crippen LogP contribution in [0.4, 0.5) is 0 Å². The predicted molar refractivity (Wildman–Crippen MR) is 62.6 cm³/mol. The maximum Gasteiger partial charge on any atom is 0.225 e. The first-order valence-electron chi connectivity index (χ1n) is 5.26. The highest BCUT2D eigenvalue weighted by molar-refractivity contribution is 7.80. The van der Waals surface area contributed by atoms with Crippen LogP contribution in [-0.2, 0) is 9.53 Å². The average Bonchev–Trinajstić information content (AvgIpc) is 2.27. The van der Waals surface area contributed by atoms with Gasteiger partial charge in [0.15, 0.2) is 0 Å². The minimum Gasteiger partial charge on any atom is -0.391 e. The quantitative estimate of drug-likeness (QED) is 0.719. The Morgan fingerprint density at radius 1 is 1.73 bits per heavy atom. The molecule has 2 unspecified atom stereocenters. The summed E-state index contributed by atoms with van der Waals surface area (Å²) in [7, 11) is 0. The highest BCUT2D eigenvalue weighted by Gasteiger charge is 2.27. The molecule has 2 atom stereocenters. The topological polar surface area (TPSA) is 55.6 Å². The molecule has 15 heavy (non-hydrogen) atoms. The number of nitrogens with two attached hydrogens (primary N) is 1. The normalized spacial score (nSPS) is 23.6. The van der Waals surface area contributed by atoms with Crippen molar-refractivity contribution in [3.63, 3.8) is 0 Å². The third-order valence-electron chi connectivity index (χ3n) is 2.73. The largest absolute Gasteiger partial charge is 0.391 e. The molecule has 1 aliphatic heterocycles. The summed E-state index contributed by atoms with van der Waals surface area (Å²) in [5.41, 5.74) is 5.51. The Bertz CT molecular complexity index is 258. The summed E-state index contributed by atoms with van der Waals surface area (Å²) in [6.07, 6.45) is 0.579. The van der Waals surface area contributed by atoms with Crippen LogP contribution in [0.5, 0.6) is 0 Å². The molecule has 0 bridgehead atoms. The number of morpholine rings is 1. The molecule has 86 valence electrons. The lowest BCUT2D eigenvalue weighted by atomic mass is 10.1. The van der Waals surface area contributed by atoms with Gasteiger partial charge in [0.05, 0.1) is 13.2 Å². The van der Waals surface area contributed by atoms with Crippen LogP contribution in [0.1, 0.15) is 20.3 Å². The number of ether oxygens (including phenoxy) is 1. The van der Waals surface area contributed by atoms with Gasteiger partial charge in [-0.15, -0.1) is 0 Å². The molecular formula is C10H18N2O2S. The summed E-state index contributed by atoms with van der Waals surface area (Å²) in [5.74, 6) is 0.233. The second-order valence-corrected chi connectivity index (χ2v) is 4.33. The Labute approximate surface area is 95.8 Å². The van der Waals surface area contributed by atoms with Crippen LogP contribution >= 0.6 is 12.2 Å². The zero-order valence-corrected chi connectivity index (χ0v) is 10.0. The molecule has 1 amide bonds. The van der Waals surface area contributed by atoms with Gasteiger partial charge in [0.25, 0.3) is 0 Å². The highest BCUT2D eigenvalue weighted by atomic mass is 32.1. The van der Waals surface area contributed by atoms with E-state index in [0.717, 1.165) is 6.42 Å². The van der Waals surface area contributed by atoms with Gasteiger partial charge in [-0.2, -0.15) is 0 Å². The van der Waals surface area contributed by atoms with Crippen molar-refractivity contribution >= 4 is 23.1 Å². The molecule has 2 N–H and O–H groups in total. The number of hydrogen-bond donors (Lipinski definition) is 1. The lowest BCUT2D eigenvalue weighted by Crippen LogP contribution is -2.51. The van der Waals surface area contributed by atoms with Gasteiger partial charge in [0.2, 0.25) is 5.91 Å². The average molecular weight is 230 g/mol. The van der Waals surface area contributed by atoms with Gasteiger partial charge >= 0.3 is 0 Å². The number of thiocarbonyl (C=S) groups is 1. The molecule has 1 aliphatic rings. The Morgan fingerprint density at radius 3 is 2.93 bits per heavy atom. The second kappa shape index (κ2) is 5.42. The van der Waals surface area contributed by atoms with Gasteiger partial charge in [-0.05, 0) is 6.42 Å². The van der Waals surface area contributed by atoms with E-state index in [-0.39, 0.29) is 17.9 Å². The lowest BCUT2D eigenvalue weighted by molar-refractivity contribution is -0.140. The minimum atomic E-state index is -0.276. The molecule has 0 aliphatic carbocycles. The monoisotopic (exact) mass is 230 g/mol. The molecule has 0 radical (unpaired) electrons. The standard InChI is InChI=1S/C10H18N2O2S/c1-3-7(2)10(13)12-4-5-14-8(6-12)9(11)15/h7-8H,3-6H2,1-2H3,(H2,11,15). The number of hydrogen-bond acceptors (Lipinski definition) is 3. The minimum absolute atomic E-state index is 0.0649. The van der Waals surface area contributed by atoms with Gasteiger partial charge in [-0.25, -0.2) is 0 Å². The molecule has 1 heterocycles. The van der Waals surface area contributed by atoms with E-state index >= 15 is 0 Å². The molecule has 5 heteroatoms. The van der Waals surface area contributed by atoms with E-state index < -0.39 is 0 Å². The SMILES string of the molecule is CCC(C)C(=O)N1CCOC(C(N)=S)C1. The van der Waals surface area contributed by atoms with Crippen molar-refractivity contribution in [2.24, 2.45) is 11.7 Å². The Hall–Kier alpha value is -0.680. The number of carbonyl (C=O) groups excluding carboxylic acids is 1. The van der Waals surface area contributed by atoms with Crippen LogP contribution in [0.2, 0.25) is 0 Å². The maximum atomic E-state index is 11.9. The van der Waals surface area contributed by atoms with Crippen LogP contribution in [0.15, 0.2) is 0 Å². The second-order valence-electron chi connectivity index (χ2n) is 3.86. The fourth-order valence-corrected chi connectivity index (χ4v) is 1.65. The molecule has 0 aromatic rings. The number of nitrogens with zero attached hydrogens (tertiary/aromatic N) is 1. The summed E-state index contributed by atoms with van der Waals surface area (Å²) in [4.78, 5) is 14.0. The zero-order valence-electron chi connectivity index (χ0n) is 9.23. The number of carbonyl (C=O) groups is 1. The predicted octanol–water partition coefficient (Wildman–Crippen LogP) is 0.546. The van der Waals surface area contributed by atoms with Crippen molar-refractivity contribution in [3.05, 3.63) is 0 Å². The van der Waals surface area contributed by atoms with Crippen molar-refractivity contribution in [3.8, 4) is 0 Å². The van der Waals surface area contributed by atoms with E-state index in [0.29, 0.717) is 24.7 Å². The van der Waals surface area contributed by atoms with Crippen molar-refractivity contribution in [1.82, 2.24) is 4.90 Å². The first kappa shape index (κ1) is 12.4. The number of amides is 1. The molecule has 0 saturated carbocycles. The fourth-order valence-electron chi connectivity index (χ4n) is 1.51. The van der Waals surface area contributed by atoms with Gasteiger partial charge in [0, 0.05) is 12.5 Å². The summed E-state index contributed by atoms with van der Waals surface area (Å²) in [5, 5.41) is 0. The van der Waals surface area contributed by atoms with Crippen LogP contribution < -0.4 is 5.73 Å². The molecule has 0 aromatic carbocycles. The van der Waals surface area contributed by atoms with E-state index in [2.05, 4.69) is 0 Å². The summed E-state index contributed by atoms with van der Waals surface area (Å²) in [6.45, 7) is 5.60. The van der Waals surface area contributed by atoms with Gasteiger partial charge in [-0.3, -0.25) is 4.79 Å². The van der Waals surface area contributed by atoms with E-state index in [1.165, 1.54) is 0 Å².